The van der Waals surface area contributed by atoms with Gasteiger partial charge in [-0.05, 0) is 23.8 Å². The van der Waals surface area contributed by atoms with Crippen LogP contribution in [-0.4, -0.2) is 27.5 Å². The average molecular weight is 348 g/mol. The van der Waals surface area contributed by atoms with Crippen molar-refractivity contribution in [3.8, 4) is 11.5 Å². The summed E-state index contributed by atoms with van der Waals surface area (Å²) < 4.78 is 2.15. The third-order valence-electron chi connectivity index (χ3n) is 4.08. The van der Waals surface area contributed by atoms with Gasteiger partial charge in [0, 0.05) is 24.5 Å². The second-order valence-electron chi connectivity index (χ2n) is 5.66. The summed E-state index contributed by atoms with van der Waals surface area (Å²) in [5.74, 6) is 0.698. The van der Waals surface area contributed by atoms with Crippen LogP contribution in [-0.2, 0) is 6.54 Å². The molecule has 0 aliphatic carbocycles. The average Bonchev–Trinajstić information content (AvgIpc) is 3.29. The van der Waals surface area contributed by atoms with Crippen LogP contribution in [0.25, 0.3) is 22.6 Å². The van der Waals surface area contributed by atoms with Crippen LogP contribution in [0.1, 0.15) is 15.9 Å². The van der Waals surface area contributed by atoms with Crippen molar-refractivity contribution < 1.29 is 4.79 Å². The maximum atomic E-state index is 11.9. The van der Waals surface area contributed by atoms with E-state index in [4.69, 9.17) is 4.98 Å². The van der Waals surface area contributed by atoms with Crippen molar-refractivity contribution in [2.75, 3.05) is 7.05 Å². The topological polar surface area (TPSA) is 59.8 Å². The van der Waals surface area contributed by atoms with E-state index in [1.54, 1.807) is 23.9 Å². The summed E-state index contributed by atoms with van der Waals surface area (Å²) >= 11 is 1.54. The number of hydrogen-bond donors (Lipinski definition) is 1. The molecule has 0 atom stereocenters. The zero-order chi connectivity index (χ0) is 17.2. The number of carbonyl (C=O) groups excluding carboxylic acids is 1. The van der Waals surface area contributed by atoms with Crippen LogP contribution in [0, 0.1) is 0 Å². The van der Waals surface area contributed by atoms with Crippen molar-refractivity contribution in [2.45, 2.75) is 6.54 Å². The number of amides is 1. The molecule has 2 heterocycles. The normalized spacial score (nSPS) is 10.9. The zero-order valence-electron chi connectivity index (χ0n) is 13.6. The van der Waals surface area contributed by atoms with E-state index in [9.17, 15) is 4.79 Å². The quantitative estimate of drug-likeness (QED) is 0.613. The molecule has 4 rings (SSSR count). The molecule has 0 bridgehead atoms. The molecule has 5 nitrogen and oxygen atoms in total. The van der Waals surface area contributed by atoms with E-state index in [2.05, 4.69) is 27.0 Å². The predicted octanol–water partition coefficient (Wildman–Crippen LogP) is 3.57. The molecule has 6 heteroatoms. The van der Waals surface area contributed by atoms with E-state index in [1.165, 1.54) is 5.56 Å². The van der Waals surface area contributed by atoms with Gasteiger partial charge in [0.2, 0.25) is 0 Å². The number of thiazole rings is 1. The molecular weight excluding hydrogens is 332 g/mol. The predicted molar refractivity (Wildman–Crippen MR) is 99.8 cm³/mol. The van der Waals surface area contributed by atoms with Gasteiger partial charge >= 0.3 is 0 Å². The minimum absolute atomic E-state index is 0.116. The van der Waals surface area contributed by atoms with Gasteiger partial charge in [0.15, 0.2) is 5.82 Å². The molecule has 25 heavy (non-hydrogen) atoms. The minimum Gasteiger partial charge on any atom is -0.355 e. The lowest BCUT2D eigenvalue weighted by Gasteiger charge is -2.08. The second-order valence-corrected chi connectivity index (χ2v) is 6.38. The number of hydrogen-bond acceptors (Lipinski definition) is 4. The monoisotopic (exact) mass is 348 g/mol. The molecular formula is C19H16N4OS. The first-order valence-electron chi connectivity index (χ1n) is 7.91. The molecule has 124 valence electrons. The van der Waals surface area contributed by atoms with Crippen LogP contribution in [0.2, 0.25) is 0 Å². The molecule has 0 unspecified atom stereocenters. The Kier molecular flexibility index (Phi) is 4.03. The summed E-state index contributed by atoms with van der Waals surface area (Å²) in [6.45, 7) is 0.698. The third kappa shape index (κ3) is 2.92. The van der Waals surface area contributed by atoms with Gasteiger partial charge in [0.1, 0.15) is 5.69 Å². The first kappa shape index (κ1) is 15.5. The SMILES string of the molecule is CNC(=O)c1ccc2c(c1)nc(-c1cscn1)n2Cc1ccccc1. The Labute approximate surface area is 149 Å². The summed E-state index contributed by atoms with van der Waals surface area (Å²) in [6, 6.07) is 15.9. The van der Waals surface area contributed by atoms with Gasteiger partial charge < -0.3 is 9.88 Å². The van der Waals surface area contributed by atoms with E-state index in [0.717, 1.165) is 22.6 Å². The van der Waals surface area contributed by atoms with Crippen molar-refractivity contribution in [1.29, 1.82) is 0 Å². The van der Waals surface area contributed by atoms with E-state index in [1.807, 2.05) is 41.8 Å². The highest BCUT2D eigenvalue weighted by atomic mass is 32.1. The number of nitrogens with one attached hydrogen (secondary N) is 1. The van der Waals surface area contributed by atoms with Gasteiger partial charge in [-0.3, -0.25) is 4.79 Å². The van der Waals surface area contributed by atoms with Crippen LogP contribution in [0.3, 0.4) is 0 Å². The Balaban J connectivity index is 1.88. The number of carbonyl (C=O) groups is 1. The van der Waals surface area contributed by atoms with Crippen molar-refractivity contribution in [1.82, 2.24) is 19.9 Å². The smallest absolute Gasteiger partial charge is 0.251 e. The maximum Gasteiger partial charge on any atom is 0.251 e. The van der Waals surface area contributed by atoms with Gasteiger partial charge in [0.25, 0.3) is 5.91 Å². The second kappa shape index (κ2) is 6.49. The minimum atomic E-state index is -0.116. The molecule has 0 fully saturated rings. The van der Waals surface area contributed by atoms with E-state index in [0.29, 0.717) is 12.1 Å². The Morgan fingerprint density at radius 3 is 2.76 bits per heavy atom. The highest BCUT2D eigenvalue weighted by molar-refractivity contribution is 7.07. The van der Waals surface area contributed by atoms with Crippen LogP contribution in [0.5, 0.6) is 0 Å². The Morgan fingerprint density at radius 1 is 1.20 bits per heavy atom. The van der Waals surface area contributed by atoms with Crippen LogP contribution in [0.4, 0.5) is 0 Å². The van der Waals surface area contributed by atoms with Crippen LogP contribution >= 0.6 is 11.3 Å². The largest absolute Gasteiger partial charge is 0.355 e. The van der Waals surface area contributed by atoms with Gasteiger partial charge in [-0.25, -0.2) is 9.97 Å². The summed E-state index contributed by atoms with van der Waals surface area (Å²) in [7, 11) is 1.63. The molecule has 1 N–H and O–H groups in total. The number of imidazole rings is 1. The lowest BCUT2D eigenvalue weighted by atomic mass is 10.2. The van der Waals surface area contributed by atoms with Crippen molar-refractivity contribution in [3.05, 3.63) is 70.5 Å². The Morgan fingerprint density at radius 2 is 2.04 bits per heavy atom. The molecule has 2 aromatic carbocycles. The number of fused-ring (bicyclic) bond motifs is 1. The molecule has 0 aliphatic heterocycles. The maximum absolute atomic E-state index is 11.9. The fourth-order valence-electron chi connectivity index (χ4n) is 2.86. The van der Waals surface area contributed by atoms with Gasteiger partial charge in [0.05, 0.1) is 16.5 Å². The van der Waals surface area contributed by atoms with Crippen molar-refractivity contribution in [2.24, 2.45) is 0 Å². The summed E-state index contributed by atoms with van der Waals surface area (Å²) in [5, 5.41) is 4.64. The molecule has 0 spiro atoms. The molecule has 0 saturated heterocycles. The molecule has 0 aliphatic rings. The standard InChI is InChI=1S/C19H16N4OS/c1-20-19(24)14-7-8-17-15(9-14)22-18(16-11-25-12-21-16)23(17)10-13-5-3-2-4-6-13/h2-9,11-12H,10H2,1H3,(H,20,24). The summed E-state index contributed by atoms with van der Waals surface area (Å²) in [6.07, 6.45) is 0. The lowest BCUT2D eigenvalue weighted by Crippen LogP contribution is -2.17. The first-order valence-corrected chi connectivity index (χ1v) is 8.85. The highest BCUT2D eigenvalue weighted by Crippen LogP contribution is 2.26. The highest BCUT2D eigenvalue weighted by Gasteiger charge is 2.16. The molecule has 0 radical (unpaired) electrons. The lowest BCUT2D eigenvalue weighted by molar-refractivity contribution is 0.0963. The van der Waals surface area contributed by atoms with Crippen LogP contribution in [0.15, 0.2) is 59.4 Å². The van der Waals surface area contributed by atoms with E-state index in [-0.39, 0.29) is 5.91 Å². The fourth-order valence-corrected chi connectivity index (χ4v) is 3.39. The Bertz CT molecular complexity index is 1020. The van der Waals surface area contributed by atoms with Crippen molar-refractivity contribution in [3.63, 3.8) is 0 Å². The molecule has 2 aromatic heterocycles. The van der Waals surface area contributed by atoms with Gasteiger partial charge in [-0.1, -0.05) is 30.3 Å². The molecule has 0 saturated carbocycles. The third-order valence-corrected chi connectivity index (χ3v) is 4.67. The van der Waals surface area contributed by atoms with Gasteiger partial charge in [-0.2, -0.15) is 0 Å². The fraction of sp³-hybridized carbons (Fsp3) is 0.105. The zero-order valence-corrected chi connectivity index (χ0v) is 14.5. The number of aromatic nitrogens is 3. The van der Waals surface area contributed by atoms with Crippen molar-refractivity contribution >= 4 is 28.3 Å². The van der Waals surface area contributed by atoms with E-state index < -0.39 is 0 Å². The molecule has 1 amide bonds. The number of benzene rings is 2. The number of rotatable bonds is 4. The summed E-state index contributed by atoms with van der Waals surface area (Å²) in [4.78, 5) is 21.1. The van der Waals surface area contributed by atoms with Crippen LogP contribution < -0.4 is 5.32 Å². The van der Waals surface area contributed by atoms with E-state index >= 15 is 0 Å². The first-order chi connectivity index (χ1) is 12.3. The summed E-state index contributed by atoms with van der Waals surface area (Å²) in [5.41, 5.74) is 6.22. The molecule has 4 aromatic rings. The Hall–Kier alpha value is -2.99. The number of nitrogens with zero attached hydrogens (tertiary/aromatic N) is 3. The van der Waals surface area contributed by atoms with Gasteiger partial charge in [-0.15, -0.1) is 11.3 Å².